The minimum Gasteiger partial charge on any atom is -0.195 e. The number of rotatable bonds is 12. The molecule has 0 aromatic carbocycles. The molecular formula is C18H36O4. The van der Waals surface area contributed by atoms with E-state index in [1.54, 1.807) is 0 Å². The lowest BCUT2D eigenvalue weighted by atomic mass is 10.0. The molecule has 1 rings (SSSR count). The third kappa shape index (κ3) is 6.15. The molecule has 22 heavy (non-hydrogen) atoms. The maximum absolute atomic E-state index is 5.83. The van der Waals surface area contributed by atoms with Gasteiger partial charge in [-0.25, -0.2) is 0 Å². The van der Waals surface area contributed by atoms with Gasteiger partial charge >= 0.3 is 0 Å². The molecule has 1 fully saturated rings. The van der Waals surface area contributed by atoms with Gasteiger partial charge in [0.15, 0.2) is 0 Å². The van der Waals surface area contributed by atoms with E-state index in [0.717, 1.165) is 77.0 Å². The van der Waals surface area contributed by atoms with E-state index in [2.05, 4.69) is 27.7 Å². The molecule has 4 heteroatoms. The van der Waals surface area contributed by atoms with Crippen molar-refractivity contribution in [3.63, 3.8) is 0 Å². The summed E-state index contributed by atoms with van der Waals surface area (Å²) in [6.07, 6.45) is 11.9. The van der Waals surface area contributed by atoms with Crippen LogP contribution in [0.4, 0.5) is 0 Å². The van der Waals surface area contributed by atoms with Crippen molar-refractivity contribution >= 4 is 0 Å². The van der Waals surface area contributed by atoms with Gasteiger partial charge in [0.05, 0.1) is 0 Å². The van der Waals surface area contributed by atoms with Gasteiger partial charge in [-0.15, -0.1) is 0 Å². The molecule has 132 valence electrons. The Morgan fingerprint density at radius 1 is 0.455 bits per heavy atom. The average Bonchev–Trinajstić information content (AvgIpc) is 2.56. The van der Waals surface area contributed by atoms with Gasteiger partial charge in [-0.1, -0.05) is 53.4 Å². The summed E-state index contributed by atoms with van der Waals surface area (Å²) in [5.74, 6) is -1.43. The zero-order chi connectivity index (χ0) is 16.3. The first kappa shape index (κ1) is 19.9. The lowest BCUT2D eigenvalue weighted by Gasteiger charge is -2.43. The summed E-state index contributed by atoms with van der Waals surface area (Å²) >= 11 is 0. The smallest absolute Gasteiger partial charge is 0.195 e. The predicted octanol–water partition coefficient (Wildman–Crippen LogP) is 6.05. The minimum absolute atomic E-state index is 0.714. The molecule has 0 amide bonds. The van der Waals surface area contributed by atoms with E-state index in [1.807, 2.05) is 0 Å². The topological polar surface area (TPSA) is 36.9 Å². The van der Waals surface area contributed by atoms with E-state index < -0.39 is 11.6 Å². The van der Waals surface area contributed by atoms with Crippen LogP contribution in [0.25, 0.3) is 0 Å². The molecule has 0 bridgehead atoms. The highest BCUT2D eigenvalue weighted by Crippen LogP contribution is 2.40. The molecular weight excluding hydrogens is 280 g/mol. The summed E-state index contributed by atoms with van der Waals surface area (Å²) in [7, 11) is 0. The van der Waals surface area contributed by atoms with E-state index >= 15 is 0 Å². The van der Waals surface area contributed by atoms with Gasteiger partial charge in [0.1, 0.15) is 0 Å². The van der Waals surface area contributed by atoms with E-state index in [0.29, 0.717) is 0 Å². The van der Waals surface area contributed by atoms with Crippen LogP contribution in [0.2, 0.25) is 0 Å². The van der Waals surface area contributed by atoms with Gasteiger partial charge in [0.25, 0.3) is 0 Å². The average molecular weight is 316 g/mol. The normalized spacial score (nSPS) is 20.2. The van der Waals surface area contributed by atoms with E-state index in [9.17, 15) is 0 Å². The van der Waals surface area contributed by atoms with Crippen molar-refractivity contribution < 1.29 is 19.6 Å². The molecule has 0 N–H and O–H groups in total. The Morgan fingerprint density at radius 2 is 0.682 bits per heavy atom. The second-order valence-corrected chi connectivity index (χ2v) is 6.57. The van der Waals surface area contributed by atoms with Crippen LogP contribution in [0.5, 0.6) is 0 Å². The zero-order valence-corrected chi connectivity index (χ0v) is 15.1. The van der Waals surface area contributed by atoms with Gasteiger partial charge < -0.3 is 0 Å². The Bertz CT molecular complexity index is 224. The quantitative estimate of drug-likeness (QED) is 0.411. The molecule has 0 atom stereocenters. The Labute approximate surface area is 136 Å². The molecule has 4 nitrogen and oxygen atoms in total. The van der Waals surface area contributed by atoms with Crippen molar-refractivity contribution in [3.05, 3.63) is 0 Å². The summed E-state index contributed by atoms with van der Waals surface area (Å²) in [5, 5.41) is 0. The second kappa shape index (κ2) is 10.6. The summed E-state index contributed by atoms with van der Waals surface area (Å²) in [4.78, 5) is 23.3. The molecule has 0 aromatic rings. The molecule has 0 aromatic heterocycles. The lowest BCUT2D eigenvalue weighted by molar-refractivity contribution is -0.660. The van der Waals surface area contributed by atoms with Crippen molar-refractivity contribution in [3.8, 4) is 0 Å². The van der Waals surface area contributed by atoms with Crippen LogP contribution >= 0.6 is 0 Å². The van der Waals surface area contributed by atoms with Gasteiger partial charge in [-0.05, 0) is 25.7 Å². The third-order valence-corrected chi connectivity index (χ3v) is 4.34. The molecule has 0 unspecified atom stereocenters. The van der Waals surface area contributed by atoms with Crippen molar-refractivity contribution in [2.45, 2.75) is 116 Å². The van der Waals surface area contributed by atoms with Crippen molar-refractivity contribution in [1.29, 1.82) is 0 Å². The number of hydrogen-bond donors (Lipinski definition) is 0. The summed E-state index contributed by atoms with van der Waals surface area (Å²) in [6, 6.07) is 0. The fourth-order valence-electron chi connectivity index (χ4n) is 2.70. The molecule has 0 spiro atoms. The van der Waals surface area contributed by atoms with Crippen LogP contribution in [0.1, 0.15) is 105 Å². The van der Waals surface area contributed by atoms with Gasteiger partial charge in [-0.2, -0.15) is 19.6 Å². The Balaban J connectivity index is 2.65. The van der Waals surface area contributed by atoms with Crippen LogP contribution in [-0.2, 0) is 19.6 Å². The standard InChI is InChI=1S/C18H36O4/c1-5-9-13-17(14-10-6-2)19-21-18(22-20-17,15-11-7-3)16-12-8-4/h5-16H2,1-4H3. The first-order chi connectivity index (χ1) is 10.7. The third-order valence-electron chi connectivity index (χ3n) is 4.34. The van der Waals surface area contributed by atoms with Crippen LogP contribution in [-0.4, -0.2) is 11.6 Å². The second-order valence-electron chi connectivity index (χ2n) is 6.57. The molecule has 1 aliphatic rings. The molecule has 1 aliphatic heterocycles. The first-order valence-corrected chi connectivity index (χ1v) is 9.39. The number of hydrogen-bond acceptors (Lipinski definition) is 4. The molecule has 0 radical (unpaired) electrons. The SMILES string of the molecule is CCCCC1(CCCC)OOC(CCCC)(CCCC)OO1. The molecule has 1 saturated heterocycles. The van der Waals surface area contributed by atoms with E-state index in [1.165, 1.54) is 0 Å². The Hall–Kier alpha value is -0.160. The van der Waals surface area contributed by atoms with Crippen LogP contribution in [0.15, 0.2) is 0 Å². The highest BCUT2D eigenvalue weighted by Gasteiger charge is 2.47. The maximum Gasteiger partial charge on any atom is 0.234 e. The molecule has 0 saturated carbocycles. The lowest BCUT2D eigenvalue weighted by Crippen LogP contribution is -2.50. The predicted molar refractivity (Wildman–Crippen MR) is 87.9 cm³/mol. The zero-order valence-electron chi connectivity index (χ0n) is 15.1. The van der Waals surface area contributed by atoms with Gasteiger partial charge in [-0.3, -0.25) is 0 Å². The van der Waals surface area contributed by atoms with Crippen LogP contribution in [0.3, 0.4) is 0 Å². The van der Waals surface area contributed by atoms with E-state index in [4.69, 9.17) is 19.6 Å². The van der Waals surface area contributed by atoms with Crippen LogP contribution < -0.4 is 0 Å². The van der Waals surface area contributed by atoms with Crippen LogP contribution in [0, 0.1) is 0 Å². The monoisotopic (exact) mass is 316 g/mol. The first-order valence-electron chi connectivity index (χ1n) is 9.39. The summed E-state index contributed by atoms with van der Waals surface area (Å²) in [5.41, 5.74) is 0. The minimum atomic E-state index is -0.714. The fourth-order valence-corrected chi connectivity index (χ4v) is 2.70. The Kier molecular flexibility index (Phi) is 9.57. The summed E-state index contributed by atoms with van der Waals surface area (Å²) in [6.45, 7) is 8.69. The van der Waals surface area contributed by atoms with Crippen molar-refractivity contribution in [2.75, 3.05) is 0 Å². The highest BCUT2D eigenvalue weighted by molar-refractivity contribution is 4.74. The van der Waals surface area contributed by atoms with Crippen molar-refractivity contribution in [2.24, 2.45) is 0 Å². The maximum atomic E-state index is 5.83. The number of unbranched alkanes of at least 4 members (excludes halogenated alkanes) is 4. The van der Waals surface area contributed by atoms with Crippen molar-refractivity contribution in [1.82, 2.24) is 0 Å². The Morgan fingerprint density at radius 3 is 0.864 bits per heavy atom. The van der Waals surface area contributed by atoms with E-state index in [-0.39, 0.29) is 0 Å². The highest BCUT2D eigenvalue weighted by atomic mass is 17.4. The summed E-state index contributed by atoms with van der Waals surface area (Å²) < 4.78 is 0. The van der Waals surface area contributed by atoms with Gasteiger partial charge in [0.2, 0.25) is 11.6 Å². The molecule has 0 aliphatic carbocycles. The van der Waals surface area contributed by atoms with Gasteiger partial charge in [0, 0.05) is 25.7 Å². The molecule has 1 heterocycles. The fraction of sp³-hybridized carbons (Fsp3) is 1.00. The largest absolute Gasteiger partial charge is 0.234 e.